The van der Waals surface area contributed by atoms with E-state index in [2.05, 4.69) is 24.1 Å². The third kappa shape index (κ3) is 3.81. The van der Waals surface area contributed by atoms with E-state index in [4.69, 9.17) is 4.74 Å². The van der Waals surface area contributed by atoms with Crippen LogP contribution in [0.25, 0.3) is 0 Å². The first-order chi connectivity index (χ1) is 7.67. The van der Waals surface area contributed by atoms with Crippen molar-refractivity contribution in [2.45, 2.75) is 33.7 Å². The van der Waals surface area contributed by atoms with Crippen LogP contribution in [0.3, 0.4) is 0 Å². The van der Waals surface area contributed by atoms with Crippen LogP contribution in [0.5, 0.6) is 5.75 Å². The van der Waals surface area contributed by atoms with Gasteiger partial charge in [0.1, 0.15) is 5.75 Å². The quantitative estimate of drug-likeness (QED) is 0.803. The first kappa shape index (κ1) is 13.0. The van der Waals surface area contributed by atoms with Gasteiger partial charge in [0, 0.05) is 12.2 Å². The van der Waals surface area contributed by atoms with Crippen molar-refractivity contribution in [3.63, 3.8) is 0 Å². The lowest BCUT2D eigenvalue weighted by atomic mass is 10.1. The highest BCUT2D eigenvalue weighted by atomic mass is 16.5. The molecular formula is C13H22N2O. The zero-order valence-electron chi connectivity index (χ0n) is 10.7. The van der Waals surface area contributed by atoms with Gasteiger partial charge in [0.05, 0.1) is 12.3 Å². The molecule has 0 bridgehead atoms. The molecule has 1 aromatic heterocycles. The number of rotatable bonds is 6. The molecule has 0 aromatic carbocycles. The van der Waals surface area contributed by atoms with Crippen LogP contribution in [-0.4, -0.2) is 18.6 Å². The summed E-state index contributed by atoms with van der Waals surface area (Å²) < 4.78 is 5.79. The van der Waals surface area contributed by atoms with Crippen LogP contribution in [0.1, 0.15) is 31.7 Å². The molecule has 0 aliphatic rings. The van der Waals surface area contributed by atoms with Gasteiger partial charge in [0.25, 0.3) is 0 Å². The molecule has 0 saturated heterocycles. The van der Waals surface area contributed by atoms with Gasteiger partial charge in [-0.2, -0.15) is 0 Å². The molecule has 3 nitrogen and oxygen atoms in total. The summed E-state index contributed by atoms with van der Waals surface area (Å²) in [6.45, 7) is 7.88. The normalized spacial score (nSPS) is 12.5. The van der Waals surface area contributed by atoms with Crippen molar-refractivity contribution in [1.29, 1.82) is 0 Å². The number of ether oxygens (including phenoxy) is 1. The molecule has 0 aliphatic heterocycles. The number of aryl methyl sites for hydroxylation is 1. The molecule has 0 saturated carbocycles. The molecule has 1 heterocycles. The average molecular weight is 222 g/mol. The minimum absolute atomic E-state index is 0.587. The molecule has 1 unspecified atom stereocenters. The smallest absolute Gasteiger partial charge is 0.142 e. The Kier molecular flexibility index (Phi) is 5.26. The Morgan fingerprint density at radius 3 is 2.81 bits per heavy atom. The molecule has 0 fully saturated rings. The molecule has 1 atom stereocenters. The van der Waals surface area contributed by atoms with Crippen molar-refractivity contribution in [3.8, 4) is 5.75 Å². The summed E-state index contributed by atoms with van der Waals surface area (Å²) in [7, 11) is 1.92. The maximum Gasteiger partial charge on any atom is 0.142 e. The van der Waals surface area contributed by atoms with Gasteiger partial charge in [0.2, 0.25) is 0 Å². The summed E-state index contributed by atoms with van der Waals surface area (Å²) in [4.78, 5) is 4.48. The molecule has 1 aromatic rings. The highest BCUT2D eigenvalue weighted by Gasteiger charge is 2.06. The van der Waals surface area contributed by atoms with E-state index in [0.29, 0.717) is 5.92 Å². The third-order valence-electron chi connectivity index (χ3n) is 2.64. The fourth-order valence-corrected chi connectivity index (χ4v) is 1.37. The Balaban J connectivity index is 2.70. The zero-order chi connectivity index (χ0) is 12.0. The molecule has 0 radical (unpaired) electrons. The maximum atomic E-state index is 5.79. The van der Waals surface area contributed by atoms with Crippen LogP contribution in [0.15, 0.2) is 12.1 Å². The van der Waals surface area contributed by atoms with E-state index in [-0.39, 0.29) is 0 Å². The lowest BCUT2D eigenvalue weighted by molar-refractivity contribution is 0.252. The van der Waals surface area contributed by atoms with Crippen molar-refractivity contribution in [1.82, 2.24) is 10.3 Å². The van der Waals surface area contributed by atoms with E-state index >= 15 is 0 Å². The second-order valence-electron chi connectivity index (χ2n) is 4.25. The van der Waals surface area contributed by atoms with Crippen LogP contribution in [-0.2, 0) is 6.54 Å². The summed E-state index contributed by atoms with van der Waals surface area (Å²) in [5.41, 5.74) is 2.02. The van der Waals surface area contributed by atoms with Crippen molar-refractivity contribution >= 4 is 0 Å². The van der Waals surface area contributed by atoms with Gasteiger partial charge in [-0.25, -0.2) is 0 Å². The highest BCUT2D eigenvalue weighted by Crippen LogP contribution is 2.18. The van der Waals surface area contributed by atoms with Crippen LogP contribution < -0.4 is 10.1 Å². The molecule has 0 aliphatic carbocycles. The summed E-state index contributed by atoms with van der Waals surface area (Å²) in [6.07, 6.45) is 1.14. The van der Waals surface area contributed by atoms with E-state index < -0.39 is 0 Å². The van der Waals surface area contributed by atoms with Crippen LogP contribution >= 0.6 is 0 Å². The number of nitrogens with zero attached hydrogens (tertiary/aromatic N) is 1. The SMILES string of the molecule is CCC(C)COc1ccc(C)nc1CNC. The minimum atomic E-state index is 0.587. The van der Waals surface area contributed by atoms with Crippen molar-refractivity contribution in [2.75, 3.05) is 13.7 Å². The molecule has 16 heavy (non-hydrogen) atoms. The summed E-state index contributed by atoms with van der Waals surface area (Å²) in [5, 5.41) is 3.11. The minimum Gasteiger partial charge on any atom is -0.491 e. The van der Waals surface area contributed by atoms with Gasteiger partial charge >= 0.3 is 0 Å². The fraction of sp³-hybridized carbons (Fsp3) is 0.615. The summed E-state index contributed by atoms with van der Waals surface area (Å²) >= 11 is 0. The van der Waals surface area contributed by atoms with E-state index in [0.717, 1.165) is 36.7 Å². The number of nitrogens with one attached hydrogen (secondary N) is 1. The zero-order valence-corrected chi connectivity index (χ0v) is 10.7. The van der Waals surface area contributed by atoms with Gasteiger partial charge in [-0.05, 0) is 32.0 Å². The topological polar surface area (TPSA) is 34.1 Å². The Hall–Kier alpha value is -1.09. The van der Waals surface area contributed by atoms with Gasteiger partial charge in [0.15, 0.2) is 0 Å². The van der Waals surface area contributed by atoms with Crippen LogP contribution in [0, 0.1) is 12.8 Å². The molecular weight excluding hydrogens is 200 g/mol. The van der Waals surface area contributed by atoms with E-state index in [1.54, 1.807) is 0 Å². The molecule has 0 spiro atoms. The summed E-state index contributed by atoms with van der Waals surface area (Å²) in [6, 6.07) is 4.00. The van der Waals surface area contributed by atoms with E-state index in [9.17, 15) is 0 Å². The van der Waals surface area contributed by atoms with Crippen molar-refractivity contribution in [2.24, 2.45) is 5.92 Å². The lowest BCUT2D eigenvalue weighted by Crippen LogP contribution is -2.13. The number of aromatic nitrogens is 1. The number of pyridine rings is 1. The predicted molar refractivity (Wildman–Crippen MR) is 66.7 cm³/mol. The fourth-order valence-electron chi connectivity index (χ4n) is 1.37. The van der Waals surface area contributed by atoms with E-state index in [1.165, 1.54) is 0 Å². The maximum absolute atomic E-state index is 5.79. The number of hydrogen-bond acceptors (Lipinski definition) is 3. The third-order valence-corrected chi connectivity index (χ3v) is 2.64. The van der Waals surface area contributed by atoms with Crippen LogP contribution in [0.2, 0.25) is 0 Å². The van der Waals surface area contributed by atoms with Gasteiger partial charge in [-0.1, -0.05) is 20.3 Å². The lowest BCUT2D eigenvalue weighted by Gasteiger charge is -2.14. The van der Waals surface area contributed by atoms with Crippen LogP contribution in [0.4, 0.5) is 0 Å². The van der Waals surface area contributed by atoms with Gasteiger partial charge in [-0.3, -0.25) is 4.98 Å². The average Bonchev–Trinajstić information content (AvgIpc) is 2.28. The second kappa shape index (κ2) is 6.48. The first-order valence-corrected chi connectivity index (χ1v) is 5.91. The first-order valence-electron chi connectivity index (χ1n) is 5.91. The molecule has 90 valence electrons. The Bertz CT molecular complexity index is 326. The Morgan fingerprint density at radius 1 is 1.44 bits per heavy atom. The highest BCUT2D eigenvalue weighted by molar-refractivity contribution is 5.29. The summed E-state index contributed by atoms with van der Waals surface area (Å²) in [5.74, 6) is 1.49. The predicted octanol–water partition coefficient (Wildman–Crippen LogP) is 2.53. The number of hydrogen-bond donors (Lipinski definition) is 1. The monoisotopic (exact) mass is 222 g/mol. The van der Waals surface area contributed by atoms with E-state index in [1.807, 2.05) is 26.1 Å². The molecule has 3 heteroatoms. The molecule has 1 N–H and O–H groups in total. The Labute approximate surface area is 98.2 Å². The van der Waals surface area contributed by atoms with Gasteiger partial charge < -0.3 is 10.1 Å². The standard InChI is InChI=1S/C13H22N2O/c1-5-10(2)9-16-13-7-6-11(3)15-12(13)8-14-4/h6-7,10,14H,5,8-9H2,1-4H3. The van der Waals surface area contributed by atoms with Crippen molar-refractivity contribution < 1.29 is 4.74 Å². The largest absolute Gasteiger partial charge is 0.491 e. The molecule has 0 amide bonds. The molecule has 1 rings (SSSR count). The second-order valence-corrected chi connectivity index (χ2v) is 4.25. The van der Waals surface area contributed by atoms with Gasteiger partial charge in [-0.15, -0.1) is 0 Å². The van der Waals surface area contributed by atoms with Crippen molar-refractivity contribution in [3.05, 3.63) is 23.5 Å². The Morgan fingerprint density at radius 2 is 2.19 bits per heavy atom.